The molecule has 2 atom stereocenters. The van der Waals surface area contributed by atoms with Gasteiger partial charge in [0.05, 0.1) is 24.2 Å². The number of tetrazole rings is 1. The summed E-state index contributed by atoms with van der Waals surface area (Å²) < 4.78 is 3.45. The van der Waals surface area contributed by atoms with Gasteiger partial charge in [0.2, 0.25) is 0 Å². The Morgan fingerprint density at radius 1 is 1.14 bits per heavy atom. The van der Waals surface area contributed by atoms with Gasteiger partial charge in [-0.25, -0.2) is 9.89 Å². The van der Waals surface area contributed by atoms with Crippen molar-refractivity contribution in [3.8, 4) is 22.5 Å². The van der Waals surface area contributed by atoms with Crippen molar-refractivity contribution in [1.82, 2.24) is 34.7 Å². The Balaban J connectivity index is 1.47. The van der Waals surface area contributed by atoms with E-state index in [1.807, 2.05) is 42.6 Å². The third kappa shape index (κ3) is 5.23. The van der Waals surface area contributed by atoms with Gasteiger partial charge in [-0.05, 0) is 65.4 Å². The Kier molecular flexibility index (Phi) is 7.25. The van der Waals surface area contributed by atoms with Gasteiger partial charge >= 0.3 is 11.7 Å². The molecule has 10 nitrogen and oxygen atoms in total. The monoisotopic (exact) mass is 501 g/mol. The molecule has 3 heterocycles. The molecule has 0 radical (unpaired) electrons. The van der Waals surface area contributed by atoms with Crippen LogP contribution in [-0.4, -0.2) is 45.8 Å². The van der Waals surface area contributed by atoms with Crippen LogP contribution in [0.3, 0.4) is 0 Å². The van der Waals surface area contributed by atoms with Gasteiger partial charge in [-0.15, -0.1) is 5.10 Å². The summed E-state index contributed by atoms with van der Waals surface area (Å²) in [7, 11) is 0. The van der Waals surface area contributed by atoms with E-state index < -0.39 is 11.9 Å². The number of hydrogen-bond acceptors (Lipinski definition) is 6. The van der Waals surface area contributed by atoms with E-state index >= 15 is 0 Å². The van der Waals surface area contributed by atoms with Crippen molar-refractivity contribution in [3.05, 3.63) is 70.7 Å². The minimum absolute atomic E-state index is 0.156. The lowest BCUT2D eigenvalue weighted by Crippen LogP contribution is -2.36. The van der Waals surface area contributed by atoms with Gasteiger partial charge in [-0.1, -0.05) is 44.4 Å². The molecule has 0 bridgehead atoms. The summed E-state index contributed by atoms with van der Waals surface area (Å²) in [6, 6.07) is 11.5. The molecule has 4 aromatic rings. The van der Waals surface area contributed by atoms with Gasteiger partial charge in [0.1, 0.15) is 0 Å². The van der Waals surface area contributed by atoms with Crippen molar-refractivity contribution in [2.24, 2.45) is 5.92 Å². The second-order valence-corrected chi connectivity index (χ2v) is 9.66. The average Bonchev–Trinajstić information content (AvgIpc) is 3.57. The summed E-state index contributed by atoms with van der Waals surface area (Å²) in [5, 5.41) is 23.9. The SMILES string of the molecule is CCCCc1cn(C2CCCCC2C(=O)O)c(=O)n1Cc1cc(-c2cccc(-c3nnn[nH]3)c2)ccn1. The Labute approximate surface area is 214 Å². The zero-order chi connectivity index (χ0) is 25.8. The topological polar surface area (TPSA) is 132 Å². The van der Waals surface area contributed by atoms with Crippen LogP contribution in [0, 0.1) is 5.92 Å². The summed E-state index contributed by atoms with van der Waals surface area (Å²) in [5.74, 6) is -0.765. The van der Waals surface area contributed by atoms with Crippen molar-refractivity contribution in [1.29, 1.82) is 0 Å². The Bertz CT molecular complexity index is 1420. The van der Waals surface area contributed by atoms with Crippen molar-refractivity contribution < 1.29 is 9.90 Å². The van der Waals surface area contributed by atoms with Gasteiger partial charge < -0.3 is 5.11 Å². The first kappa shape index (κ1) is 24.6. The average molecular weight is 502 g/mol. The van der Waals surface area contributed by atoms with E-state index in [2.05, 4.69) is 32.5 Å². The fourth-order valence-corrected chi connectivity index (χ4v) is 5.28. The number of unbranched alkanes of at least 4 members (excludes halogenated alkanes) is 1. The lowest BCUT2D eigenvalue weighted by Gasteiger charge is -2.28. The zero-order valence-electron chi connectivity index (χ0n) is 20.9. The van der Waals surface area contributed by atoms with E-state index in [4.69, 9.17) is 0 Å². The minimum atomic E-state index is -0.822. The first-order chi connectivity index (χ1) is 18.0. The smallest absolute Gasteiger partial charge is 0.328 e. The minimum Gasteiger partial charge on any atom is -0.481 e. The number of aromatic amines is 1. The van der Waals surface area contributed by atoms with Crippen LogP contribution in [0.1, 0.15) is 62.9 Å². The van der Waals surface area contributed by atoms with Crippen LogP contribution < -0.4 is 5.69 Å². The molecule has 1 fully saturated rings. The van der Waals surface area contributed by atoms with Crippen molar-refractivity contribution >= 4 is 5.97 Å². The molecule has 0 aliphatic heterocycles. The first-order valence-corrected chi connectivity index (χ1v) is 12.9. The number of carboxylic acid groups (broad SMARTS) is 1. The standard InChI is InChI=1S/C27H31N7O3/c1-2-3-9-22-17-34(24-11-5-4-10-23(24)26(35)36)27(37)33(22)16-21-15-19(12-13-28-21)18-7-6-8-20(14-18)25-29-31-32-30-25/h6-8,12-15,17,23-24H,2-5,9-11,16H2,1H3,(H,35,36)(H,29,30,31,32). The number of aryl methyl sites for hydroxylation is 1. The molecule has 0 spiro atoms. The van der Waals surface area contributed by atoms with Gasteiger partial charge in [0.15, 0.2) is 5.82 Å². The summed E-state index contributed by atoms with van der Waals surface area (Å²) in [5.41, 5.74) is 4.36. The molecular formula is C27H31N7O3. The molecule has 0 amide bonds. The van der Waals surface area contributed by atoms with Crippen LogP contribution in [0.2, 0.25) is 0 Å². The maximum atomic E-state index is 13.6. The van der Waals surface area contributed by atoms with Crippen LogP contribution in [-0.2, 0) is 17.8 Å². The number of aliphatic carboxylic acids is 1. The fourth-order valence-electron chi connectivity index (χ4n) is 5.28. The number of nitrogens with one attached hydrogen (secondary N) is 1. The largest absolute Gasteiger partial charge is 0.481 e. The number of carboxylic acids is 1. The van der Waals surface area contributed by atoms with E-state index in [1.165, 1.54) is 0 Å². The van der Waals surface area contributed by atoms with Gasteiger partial charge in [-0.2, -0.15) is 0 Å². The third-order valence-electron chi connectivity index (χ3n) is 7.23. The van der Waals surface area contributed by atoms with Crippen LogP contribution in [0.15, 0.2) is 53.6 Å². The molecule has 5 rings (SSSR count). The highest BCUT2D eigenvalue weighted by Crippen LogP contribution is 2.34. The maximum Gasteiger partial charge on any atom is 0.328 e. The van der Waals surface area contributed by atoms with Crippen molar-refractivity contribution in [3.63, 3.8) is 0 Å². The molecule has 1 aromatic carbocycles. The van der Waals surface area contributed by atoms with Crippen LogP contribution in [0.25, 0.3) is 22.5 Å². The summed E-state index contributed by atoms with van der Waals surface area (Å²) in [4.78, 5) is 30.1. The molecule has 1 aliphatic rings. The summed E-state index contributed by atoms with van der Waals surface area (Å²) in [6.45, 7) is 2.45. The number of hydrogen-bond donors (Lipinski definition) is 2. The molecule has 2 N–H and O–H groups in total. The van der Waals surface area contributed by atoms with Gasteiger partial charge in [0.25, 0.3) is 0 Å². The molecule has 3 aromatic heterocycles. The highest BCUT2D eigenvalue weighted by molar-refractivity contribution is 5.71. The molecule has 1 saturated carbocycles. The second kappa shape index (κ2) is 10.9. The van der Waals surface area contributed by atoms with E-state index in [-0.39, 0.29) is 11.7 Å². The molecule has 192 valence electrons. The quantitative estimate of drug-likeness (QED) is 0.353. The zero-order valence-corrected chi connectivity index (χ0v) is 20.9. The van der Waals surface area contributed by atoms with Crippen molar-refractivity contribution in [2.75, 3.05) is 0 Å². The number of benzene rings is 1. The van der Waals surface area contributed by atoms with Crippen LogP contribution in [0.5, 0.6) is 0 Å². The highest BCUT2D eigenvalue weighted by Gasteiger charge is 2.33. The molecule has 1 aliphatic carbocycles. The number of rotatable bonds is 9. The summed E-state index contributed by atoms with van der Waals surface area (Å²) >= 11 is 0. The van der Waals surface area contributed by atoms with Crippen molar-refractivity contribution in [2.45, 2.75) is 64.5 Å². The molecule has 2 unspecified atom stereocenters. The normalized spacial score (nSPS) is 17.6. The highest BCUT2D eigenvalue weighted by atomic mass is 16.4. The van der Waals surface area contributed by atoms with E-state index in [9.17, 15) is 14.7 Å². The number of H-pyrrole nitrogens is 1. The number of carbonyl (C=O) groups is 1. The molecular weight excluding hydrogens is 470 g/mol. The number of pyridine rings is 1. The van der Waals surface area contributed by atoms with E-state index in [0.717, 1.165) is 60.2 Å². The number of nitrogens with zero attached hydrogens (tertiary/aromatic N) is 6. The maximum absolute atomic E-state index is 13.6. The molecule has 10 heteroatoms. The van der Waals surface area contributed by atoms with E-state index in [0.29, 0.717) is 25.2 Å². The van der Waals surface area contributed by atoms with Crippen LogP contribution in [0.4, 0.5) is 0 Å². The predicted octanol–water partition coefficient (Wildman–Crippen LogP) is 4.10. The summed E-state index contributed by atoms with van der Waals surface area (Å²) in [6.07, 6.45) is 9.49. The second-order valence-electron chi connectivity index (χ2n) is 9.66. The number of aromatic nitrogens is 7. The fraction of sp³-hybridized carbons (Fsp3) is 0.407. The van der Waals surface area contributed by atoms with Crippen LogP contribution >= 0.6 is 0 Å². The Morgan fingerprint density at radius 2 is 1.95 bits per heavy atom. The first-order valence-electron chi connectivity index (χ1n) is 12.9. The predicted molar refractivity (Wildman–Crippen MR) is 138 cm³/mol. The molecule has 0 saturated heterocycles. The Morgan fingerprint density at radius 3 is 2.73 bits per heavy atom. The molecule has 37 heavy (non-hydrogen) atoms. The Hall–Kier alpha value is -4.08. The lowest BCUT2D eigenvalue weighted by atomic mass is 9.84. The lowest BCUT2D eigenvalue weighted by molar-refractivity contribution is -0.144. The third-order valence-corrected chi connectivity index (χ3v) is 7.23. The van der Waals surface area contributed by atoms with E-state index in [1.54, 1.807) is 15.3 Å². The van der Waals surface area contributed by atoms with Gasteiger partial charge in [-0.3, -0.25) is 18.9 Å². The number of imidazole rings is 1. The van der Waals surface area contributed by atoms with Gasteiger partial charge in [0, 0.05) is 23.7 Å².